The van der Waals surface area contributed by atoms with Crippen molar-refractivity contribution in [2.45, 2.75) is 75.5 Å². The zero-order valence-corrected chi connectivity index (χ0v) is 37.1. The highest BCUT2D eigenvalue weighted by Gasteiger charge is 2.47. The molecule has 14 nitrogen and oxygen atoms in total. The third kappa shape index (κ3) is 7.83. The molecule has 5 saturated heterocycles. The highest BCUT2D eigenvalue weighted by molar-refractivity contribution is 6.02. The van der Waals surface area contributed by atoms with Crippen LogP contribution in [0.4, 0.5) is 14.6 Å². The number of fused-ring (bicyclic) bond motifs is 5. The minimum absolute atomic E-state index is 0.00481. The number of hydrogen-bond acceptors (Lipinski definition) is 12. The molecule has 6 fully saturated rings. The zero-order chi connectivity index (χ0) is 45.4. The van der Waals surface area contributed by atoms with E-state index in [0.29, 0.717) is 78.0 Å². The molecule has 7 heterocycles. The number of nitrogens with one attached hydrogen (secondary N) is 3. The number of terminal acetylenes is 1. The second kappa shape index (κ2) is 16.7. The molecule has 3 amide bonds. The first-order valence-corrected chi connectivity index (χ1v) is 23.5. The van der Waals surface area contributed by atoms with Gasteiger partial charge >= 0.3 is 6.01 Å². The summed E-state index contributed by atoms with van der Waals surface area (Å²) in [5, 5.41) is 21.4. The largest absolute Gasteiger partial charge is 0.508 e. The second-order valence-electron chi connectivity index (χ2n) is 19.9. The number of piperazine rings is 1. The van der Waals surface area contributed by atoms with Gasteiger partial charge in [0.05, 0.1) is 23.3 Å². The van der Waals surface area contributed by atoms with Crippen molar-refractivity contribution in [3.63, 3.8) is 0 Å². The lowest BCUT2D eigenvalue weighted by Crippen LogP contribution is -2.54. The number of phenols is 1. The maximum absolute atomic E-state index is 17.2. The number of aromatic hydroxyl groups is 1. The maximum atomic E-state index is 17.2. The SMILES string of the molecule is C#Cc1c(F)ccc2cc(O)cc(C3NC=c4c(N5CC6CCC(C5)N6)nc(OCC5(CN(C)CC6CCN(C7=CC8C(=O)N(C9CCC(=O)NC9=O)CC8C=C7)CC6)CC5)nc4=C3F)c12. The molecule has 1 aromatic heterocycles. The highest BCUT2D eigenvalue weighted by Crippen LogP contribution is 2.47. The molecule has 3 aromatic rings. The van der Waals surface area contributed by atoms with Gasteiger partial charge in [-0.15, -0.1) is 6.42 Å². The van der Waals surface area contributed by atoms with E-state index >= 15 is 8.78 Å². The van der Waals surface area contributed by atoms with Crippen molar-refractivity contribution in [2.75, 3.05) is 64.4 Å². The number of carbonyl (C=O) groups is 3. The van der Waals surface area contributed by atoms with Gasteiger partial charge in [-0.2, -0.15) is 9.97 Å². The van der Waals surface area contributed by atoms with E-state index < -0.39 is 23.7 Å². The monoisotopic (exact) mass is 899 g/mol. The van der Waals surface area contributed by atoms with Gasteiger partial charge in [0, 0.05) is 92.9 Å². The average Bonchev–Trinajstić information content (AvgIpc) is 3.88. The fraction of sp³-hybridized carbons (Fsp3) is 0.500. The van der Waals surface area contributed by atoms with Crippen molar-refractivity contribution >= 4 is 46.3 Å². The van der Waals surface area contributed by atoms with Crippen LogP contribution in [0, 0.1) is 41.3 Å². The van der Waals surface area contributed by atoms with Crippen molar-refractivity contribution in [1.82, 2.24) is 40.6 Å². The lowest BCUT2D eigenvalue weighted by molar-refractivity contribution is -0.144. The van der Waals surface area contributed by atoms with Crippen molar-refractivity contribution in [3.05, 3.63) is 75.7 Å². The predicted octanol–water partition coefficient (Wildman–Crippen LogP) is 2.69. The lowest BCUT2D eigenvalue weighted by atomic mass is 9.88. The number of likely N-dealkylation sites (tertiary alicyclic amines) is 2. The number of ether oxygens (including phenoxy) is 1. The number of hydrogen-bond donors (Lipinski definition) is 4. The molecule has 6 aliphatic heterocycles. The van der Waals surface area contributed by atoms with Crippen LogP contribution < -0.4 is 36.2 Å². The third-order valence-corrected chi connectivity index (χ3v) is 15.3. The number of nitrogens with zero attached hydrogens (tertiary/aromatic N) is 6. The van der Waals surface area contributed by atoms with Crippen LogP contribution in [-0.2, 0) is 14.4 Å². The smallest absolute Gasteiger partial charge is 0.319 e. The number of halogens is 2. The van der Waals surface area contributed by atoms with E-state index in [4.69, 9.17) is 21.1 Å². The Hall–Kier alpha value is -6.05. The molecule has 2 aromatic carbocycles. The minimum Gasteiger partial charge on any atom is -0.508 e. The van der Waals surface area contributed by atoms with Crippen LogP contribution in [-0.4, -0.2) is 125 Å². The van der Waals surface area contributed by atoms with Crippen LogP contribution in [0.15, 0.2) is 48.2 Å². The summed E-state index contributed by atoms with van der Waals surface area (Å²) in [6.07, 6.45) is 20.6. The number of carbonyl (C=O) groups excluding carboxylic acids is 3. The second-order valence-corrected chi connectivity index (χ2v) is 19.9. The van der Waals surface area contributed by atoms with Gasteiger partial charge < -0.3 is 40.1 Å². The molecule has 8 aliphatic rings. The van der Waals surface area contributed by atoms with E-state index in [1.807, 2.05) is 0 Å². The first-order chi connectivity index (χ1) is 31.9. The number of phenolic OH excluding ortho intramolecular Hbond substituents is 1. The molecule has 2 aliphatic carbocycles. The number of anilines is 1. The van der Waals surface area contributed by atoms with Crippen LogP contribution >= 0.6 is 0 Å². The molecule has 11 rings (SSSR count). The number of benzene rings is 2. The molecule has 6 atom stereocenters. The minimum atomic E-state index is -1.11. The Bertz CT molecular complexity index is 2750. The molecular formula is C50H55F2N9O5. The Morgan fingerprint density at radius 2 is 1.80 bits per heavy atom. The number of aromatic nitrogens is 2. The fourth-order valence-corrected chi connectivity index (χ4v) is 11.8. The van der Waals surface area contributed by atoms with Gasteiger partial charge in [0.2, 0.25) is 17.7 Å². The zero-order valence-electron chi connectivity index (χ0n) is 37.1. The molecule has 2 bridgehead atoms. The number of imide groups is 1. The summed E-state index contributed by atoms with van der Waals surface area (Å²) < 4.78 is 38.7. The summed E-state index contributed by atoms with van der Waals surface area (Å²) in [4.78, 5) is 56.1. The van der Waals surface area contributed by atoms with E-state index in [1.54, 1.807) is 11.1 Å². The Kier molecular flexibility index (Phi) is 10.8. The lowest BCUT2D eigenvalue weighted by Gasteiger charge is -2.37. The van der Waals surface area contributed by atoms with Crippen molar-refractivity contribution in [2.24, 2.45) is 23.2 Å². The highest BCUT2D eigenvalue weighted by atomic mass is 19.1. The van der Waals surface area contributed by atoms with Crippen LogP contribution in [0.3, 0.4) is 0 Å². The molecule has 4 N–H and O–H groups in total. The van der Waals surface area contributed by atoms with Crippen molar-refractivity contribution in [1.29, 1.82) is 0 Å². The normalized spacial score (nSPS) is 27.9. The molecule has 344 valence electrons. The quantitative estimate of drug-likeness (QED) is 0.165. The van der Waals surface area contributed by atoms with Crippen LogP contribution in [0.25, 0.3) is 22.8 Å². The number of piperidine rings is 2. The summed E-state index contributed by atoms with van der Waals surface area (Å²) in [5.74, 6) is 1.26. The number of allylic oxidation sites excluding steroid dienone is 1. The summed E-state index contributed by atoms with van der Waals surface area (Å²) in [6, 6.07) is 4.70. The van der Waals surface area contributed by atoms with E-state index in [-0.39, 0.29) is 64.1 Å². The van der Waals surface area contributed by atoms with Crippen molar-refractivity contribution in [3.8, 4) is 24.1 Å². The molecule has 66 heavy (non-hydrogen) atoms. The van der Waals surface area contributed by atoms with E-state index in [9.17, 15) is 19.5 Å². The van der Waals surface area contributed by atoms with Gasteiger partial charge in [0.25, 0.3) is 0 Å². The fourth-order valence-electron chi connectivity index (χ4n) is 11.8. The van der Waals surface area contributed by atoms with Crippen LogP contribution in [0.2, 0.25) is 0 Å². The predicted molar refractivity (Wildman–Crippen MR) is 243 cm³/mol. The molecule has 0 spiro atoms. The average molecular weight is 900 g/mol. The van der Waals surface area contributed by atoms with Crippen LogP contribution in [0.5, 0.6) is 11.8 Å². The van der Waals surface area contributed by atoms with E-state index in [2.05, 4.69) is 61.8 Å². The summed E-state index contributed by atoms with van der Waals surface area (Å²) in [5.41, 5.74) is 1.28. The topological polar surface area (TPSA) is 156 Å². The molecule has 6 unspecified atom stereocenters. The van der Waals surface area contributed by atoms with Gasteiger partial charge in [-0.1, -0.05) is 18.1 Å². The summed E-state index contributed by atoms with van der Waals surface area (Å²) >= 11 is 0. The van der Waals surface area contributed by atoms with Gasteiger partial charge in [-0.3, -0.25) is 19.7 Å². The van der Waals surface area contributed by atoms with Gasteiger partial charge in [0.15, 0.2) is 5.83 Å². The molecular weight excluding hydrogens is 845 g/mol. The standard InChI is InChI=1S/C50H55F2N9O5/c1-3-35-39(51)9-5-29-18-34(62)20-37(42(29)35)44-43(52)45-38(21-53-44)46(60-24-31-6-7-32(25-60)54-31)57-49(56-45)66-27-50(14-15-50)26-58(2)22-28-12-16-59(17-13-28)33-8-4-30-23-61(48(65)36(30)19-33)40-10-11-41(63)55-47(40)64/h1,4-5,8-9,18-21,28,30-32,36,40,44,53-54,62H,6-7,10-17,22-27H2,2H3,(H,55,63,64). The van der Waals surface area contributed by atoms with Crippen molar-refractivity contribution < 1.29 is 33.0 Å². The summed E-state index contributed by atoms with van der Waals surface area (Å²) in [6.45, 7) is 5.88. The van der Waals surface area contributed by atoms with Crippen LogP contribution in [0.1, 0.15) is 68.5 Å². The van der Waals surface area contributed by atoms with E-state index in [0.717, 1.165) is 70.4 Å². The Labute approximate surface area is 381 Å². The van der Waals surface area contributed by atoms with Gasteiger partial charge in [0.1, 0.15) is 34.8 Å². The Morgan fingerprint density at radius 3 is 2.55 bits per heavy atom. The maximum Gasteiger partial charge on any atom is 0.319 e. The molecule has 16 heteroatoms. The Balaban J connectivity index is 0.763. The first kappa shape index (κ1) is 42.6. The number of amides is 3. The van der Waals surface area contributed by atoms with E-state index in [1.165, 1.54) is 24.3 Å². The van der Waals surface area contributed by atoms with Gasteiger partial charge in [-0.05, 0) is 99.2 Å². The van der Waals surface area contributed by atoms with Gasteiger partial charge in [-0.25, -0.2) is 8.78 Å². The Morgan fingerprint density at radius 1 is 1.02 bits per heavy atom. The molecule has 1 saturated carbocycles. The molecule has 0 radical (unpaired) electrons. The number of rotatable bonds is 11. The first-order valence-electron chi connectivity index (χ1n) is 23.5. The third-order valence-electron chi connectivity index (χ3n) is 15.3. The summed E-state index contributed by atoms with van der Waals surface area (Å²) in [7, 11) is 2.17.